The highest BCUT2D eigenvalue weighted by molar-refractivity contribution is 5.62. The summed E-state index contributed by atoms with van der Waals surface area (Å²) in [6.45, 7) is 10.3. The molecule has 0 aromatic heterocycles. The Morgan fingerprint density at radius 2 is 2.19 bits per heavy atom. The van der Waals surface area contributed by atoms with Gasteiger partial charge < -0.3 is 20.1 Å². The average molecular weight is 292 g/mol. The average Bonchev–Trinajstić information content (AvgIpc) is 2.50. The first kappa shape index (κ1) is 16.1. The summed E-state index contributed by atoms with van der Waals surface area (Å²) in [5.74, 6) is 1.52. The van der Waals surface area contributed by atoms with Gasteiger partial charge in [0, 0.05) is 13.1 Å². The molecule has 1 unspecified atom stereocenters. The van der Waals surface area contributed by atoms with Gasteiger partial charge >= 0.3 is 0 Å². The Hall–Kier alpha value is -1.26. The van der Waals surface area contributed by atoms with E-state index in [1.165, 1.54) is 11.3 Å². The van der Waals surface area contributed by atoms with Crippen molar-refractivity contribution in [3.8, 4) is 5.75 Å². The summed E-state index contributed by atoms with van der Waals surface area (Å²) >= 11 is 0. The molecule has 0 fully saturated rings. The summed E-state index contributed by atoms with van der Waals surface area (Å²) in [7, 11) is 0. The lowest BCUT2D eigenvalue weighted by Gasteiger charge is -2.36. The fraction of sp³-hybridized carbons (Fsp3) is 0.647. The highest BCUT2D eigenvalue weighted by Gasteiger charge is 2.24. The zero-order chi connectivity index (χ0) is 15.2. The van der Waals surface area contributed by atoms with Gasteiger partial charge in [-0.05, 0) is 30.0 Å². The van der Waals surface area contributed by atoms with Crippen LogP contribution in [0.15, 0.2) is 18.2 Å². The molecule has 0 saturated carbocycles. The van der Waals surface area contributed by atoms with E-state index in [2.05, 4.69) is 43.9 Å². The Bertz CT molecular complexity index is 448. The molecule has 0 amide bonds. The maximum Gasteiger partial charge on any atom is 0.143 e. The van der Waals surface area contributed by atoms with Gasteiger partial charge in [-0.3, -0.25) is 0 Å². The topological polar surface area (TPSA) is 47.7 Å². The van der Waals surface area contributed by atoms with E-state index in [0.29, 0.717) is 25.7 Å². The molecule has 0 spiro atoms. The lowest BCUT2D eigenvalue weighted by molar-refractivity contribution is 0.140. The summed E-state index contributed by atoms with van der Waals surface area (Å²) < 4.78 is 11.6. The third kappa shape index (κ3) is 4.11. The van der Waals surface area contributed by atoms with E-state index >= 15 is 0 Å². The minimum atomic E-state index is 0.261. The highest BCUT2D eigenvalue weighted by Crippen LogP contribution is 2.36. The van der Waals surface area contributed by atoms with Gasteiger partial charge in [0.05, 0.1) is 25.4 Å². The molecule has 2 N–H and O–H groups in total. The number of ether oxygens (including phenoxy) is 2. The molecule has 1 aromatic rings. The van der Waals surface area contributed by atoms with Crippen molar-refractivity contribution in [2.75, 3.05) is 37.7 Å². The number of hydrogen-bond donors (Lipinski definition) is 1. The molecule has 0 bridgehead atoms. The fourth-order valence-electron chi connectivity index (χ4n) is 2.59. The Morgan fingerprint density at radius 3 is 2.86 bits per heavy atom. The van der Waals surface area contributed by atoms with E-state index in [-0.39, 0.29) is 6.10 Å². The second-order valence-electron chi connectivity index (χ2n) is 5.88. The van der Waals surface area contributed by atoms with E-state index in [0.717, 1.165) is 25.3 Å². The Labute approximate surface area is 128 Å². The van der Waals surface area contributed by atoms with Crippen LogP contribution >= 0.6 is 0 Å². The molecule has 1 atom stereocenters. The Kier molecular flexibility index (Phi) is 5.88. The molecule has 21 heavy (non-hydrogen) atoms. The van der Waals surface area contributed by atoms with Crippen molar-refractivity contribution in [2.45, 2.75) is 39.2 Å². The van der Waals surface area contributed by atoms with Crippen LogP contribution in [0.3, 0.4) is 0 Å². The zero-order valence-electron chi connectivity index (χ0n) is 13.5. The van der Waals surface area contributed by atoms with Crippen LogP contribution in [-0.4, -0.2) is 39.0 Å². The number of nitrogens with zero attached hydrogens (tertiary/aromatic N) is 1. The monoisotopic (exact) mass is 292 g/mol. The van der Waals surface area contributed by atoms with Crippen LogP contribution in [0.5, 0.6) is 5.75 Å². The molecule has 118 valence electrons. The molecule has 0 saturated heterocycles. The molecule has 1 aliphatic heterocycles. The quantitative estimate of drug-likeness (QED) is 0.785. The number of anilines is 1. The minimum Gasteiger partial charge on any atom is -0.486 e. The zero-order valence-corrected chi connectivity index (χ0v) is 13.5. The fourth-order valence-corrected chi connectivity index (χ4v) is 2.59. The normalized spacial score (nSPS) is 17.8. The summed E-state index contributed by atoms with van der Waals surface area (Å²) in [6.07, 6.45) is 1.28. The maximum absolute atomic E-state index is 6.07. The van der Waals surface area contributed by atoms with E-state index in [4.69, 9.17) is 15.2 Å². The molecular formula is C17H28N2O2. The molecule has 1 heterocycles. The number of benzene rings is 1. The van der Waals surface area contributed by atoms with E-state index in [1.807, 2.05) is 0 Å². The second kappa shape index (κ2) is 7.66. The van der Waals surface area contributed by atoms with Gasteiger partial charge in [-0.2, -0.15) is 0 Å². The first-order valence-electron chi connectivity index (χ1n) is 7.99. The van der Waals surface area contributed by atoms with Crippen LogP contribution < -0.4 is 15.4 Å². The highest BCUT2D eigenvalue weighted by atomic mass is 16.5. The van der Waals surface area contributed by atoms with E-state index in [1.54, 1.807) is 0 Å². The van der Waals surface area contributed by atoms with Gasteiger partial charge in [-0.1, -0.05) is 26.8 Å². The van der Waals surface area contributed by atoms with Crippen LogP contribution in [0.4, 0.5) is 5.69 Å². The summed E-state index contributed by atoms with van der Waals surface area (Å²) in [4.78, 5) is 2.38. The third-order valence-corrected chi connectivity index (χ3v) is 3.93. The number of fused-ring (bicyclic) bond motifs is 1. The van der Waals surface area contributed by atoms with Crippen molar-refractivity contribution < 1.29 is 9.47 Å². The Balaban J connectivity index is 2.14. The first-order valence-corrected chi connectivity index (χ1v) is 7.99. The number of rotatable bonds is 7. The molecule has 4 heteroatoms. The lowest BCUT2D eigenvalue weighted by Crippen LogP contribution is -2.41. The maximum atomic E-state index is 6.07. The number of hydrogen-bond acceptors (Lipinski definition) is 4. The van der Waals surface area contributed by atoms with Crippen LogP contribution in [0.1, 0.15) is 38.7 Å². The second-order valence-corrected chi connectivity index (χ2v) is 5.88. The van der Waals surface area contributed by atoms with Crippen LogP contribution in [-0.2, 0) is 4.74 Å². The van der Waals surface area contributed by atoms with Crippen molar-refractivity contribution in [3.63, 3.8) is 0 Å². The van der Waals surface area contributed by atoms with Gasteiger partial charge in [0.15, 0.2) is 0 Å². The summed E-state index contributed by atoms with van der Waals surface area (Å²) in [6, 6.07) is 6.54. The molecule has 4 nitrogen and oxygen atoms in total. The van der Waals surface area contributed by atoms with Crippen LogP contribution in [0.2, 0.25) is 0 Å². The van der Waals surface area contributed by atoms with Crippen molar-refractivity contribution in [2.24, 2.45) is 5.73 Å². The van der Waals surface area contributed by atoms with Crippen molar-refractivity contribution in [3.05, 3.63) is 23.8 Å². The summed E-state index contributed by atoms with van der Waals surface area (Å²) in [5, 5.41) is 0. The van der Waals surface area contributed by atoms with E-state index in [9.17, 15) is 0 Å². The van der Waals surface area contributed by atoms with Crippen LogP contribution in [0.25, 0.3) is 0 Å². The molecule has 1 aliphatic rings. The number of nitrogens with two attached hydrogens (primary N) is 1. The molecule has 0 radical (unpaired) electrons. The van der Waals surface area contributed by atoms with Gasteiger partial charge in [0.1, 0.15) is 11.9 Å². The first-order chi connectivity index (χ1) is 10.2. The molecule has 1 aromatic carbocycles. The summed E-state index contributed by atoms with van der Waals surface area (Å²) in [5.41, 5.74) is 8.01. The van der Waals surface area contributed by atoms with Gasteiger partial charge in [-0.15, -0.1) is 0 Å². The standard InChI is InChI=1S/C17H28N2O2/c1-4-15-12-19(8-10-20-9-7-18)16-11-14(13(2)3)5-6-17(16)21-15/h5-6,11,13,15H,4,7-10,12,18H2,1-3H3. The smallest absolute Gasteiger partial charge is 0.143 e. The van der Waals surface area contributed by atoms with E-state index < -0.39 is 0 Å². The Morgan fingerprint density at radius 1 is 1.38 bits per heavy atom. The van der Waals surface area contributed by atoms with Crippen molar-refractivity contribution in [1.29, 1.82) is 0 Å². The predicted molar refractivity (Wildman–Crippen MR) is 87.3 cm³/mol. The molecule has 0 aliphatic carbocycles. The van der Waals surface area contributed by atoms with Crippen molar-refractivity contribution in [1.82, 2.24) is 0 Å². The SMILES string of the molecule is CCC1CN(CCOCCN)c2cc(C(C)C)ccc2O1. The lowest BCUT2D eigenvalue weighted by atomic mass is 10.0. The van der Waals surface area contributed by atoms with Crippen molar-refractivity contribution >= 4 is 5.69 Å². The van der Waals surface area contributed by atoms with Gasteiger partial charge in [-0.25, -0.2) is 0 Å². The molecule has 2 rings (SSSR count). The van der Waals surface area contributed by atoms with Gasteiger partial charge in [0.2, 0.25) is 0 Å². The predicted octanol–water partition coefficient (Wildman–Crippen LogP) is 2.76. The largest absolute Gasteiger partial charge is 0.486 e. The van der Waals surface area contributed by atoms with Gasteiger partial charge in [0.25, 0.3) is 0 Å². The minimum absolute atomic E-state index is 0.261. The third-order valence-electron chi connectivity index (χ3n) is 3.93. The molecular weight excluding hydrogens is 264 g/mol. The van der Waals surface area contributed by atoms with Crippen LogP contribution in [0, 0.1) is 0 Å².